The van der Waals surface area contributed by atoms with Gasteiger partial charge in [-0.25, -0.2) is 0 Å². The SMILES string of the molecule is Cc1ccccc1CN1CCCC(C(=O)NCCCN(C)C)C1. The van der Waals surface area contributed by atoms with E-state index in [2.05, 4.69) is 60.4 Å². The molecule has 1 aromatic carbocycles. The molecule has 0 saturated carbocycles. The van der Waals surface area contributed by atoms with Gasteiger partial charge in [-0.05, 0) is 64.5 Å². The number of hydrogen-bond donors (Lipinski definition) is 1. The maximum absolute atomic E-state index is 12.4. The minimum absolute atomic E-state index is 0.145. The number of benzene rings is 1. The lowest BCUT2D eigenvalue weighted by Crippen LogP contribution is -2.43. The smallest absolute Gasteiger partial charge is 0.224 e. The molecule has 1 unspecified atom stereocenters. The summed E-state index contributed by atoms with van der Waals surface area (Å²) in [6.45, 7) is 6.90. The number of nitrogens with one attached hydrogen (secondary N) is 1. The fourth-order valence-electron chi connectivity index (χ4n) is 3.19. The van der Waals surface area contributed by atoms with Crippen molar-refractivity contribution in [3.05, 3.63) is 35.4 Å². The van der Waals surface area contributed by atoms with Crippen LogP contribution in [0.4, 0.5) is 0 Å². The summed E-state index contributed by atoms with van der Waals surface area (Å²) in [7, 11) is 4.12. The Hall–Kier alpha value is -1.39. The standard InChI is InChI=1S/C19H31N3O/c1-16-8-4-5-9-17(16)14-22-13-6-10-18(15-22)19(23)20-11-7-12-21(2)3/h4-5,8-9,18H,6-7,10-15H2,1-3H3,(H,20,23). The highest BCUT2D eigenvalue weighted by Crippen LogP contribution is 2.20. The second-order valence-corrected chi connectivity index (χ2v) is 6.95. The molecule has 128 valence electrons. The van der Waals surface area contributed by atoms with Gasteiger partial charge < -0.3 is 10.2 Å². The van der Waals surface area contributed by atoms with Gasteiger partial charge in [-0.15, -0.1) is 0 Å². The molecule has 1 amide bonds. The van der Waals surface area contributed by atoms with Crippen LogP contribution in [0, 0.1) is 12.8 Å². The van der Waals surface area contributed by atoms with Crippen molar-refractivity contribution >= 4 is 5.91 Å². The van der Waals surface area contributed by atoms with Crippen molar-refractivity contribution in [3.63, 3.8) is 0 Å². The highest BCUT2D eigenvalue weighted by atomic mass is 16.1. The average Bonchev–Trinajstić information content (AvgIpc) is 2.54. The zero-order valence-corrected chi connectivity index (χ0v) is 14.8. The molecule has 0 bridgehead atoms. The lowest BCUT2D eigenvalue weighted by atomic mass is 9.96. The van der Waals surface area contributed by atoms with Gasteiger partial charge in [0.1, 0.15) is 0 Å². The Balaban J connectivity index is 1.78. The maximum Gasteiger partial charge on any atom is 0.224 e. The van der Waals surface area contributed by atoms with Gasteiger partial charge in [-0.2, -0.15) is 0 Å². The predicted molar refractivity (Wildman–Crippen MR) is 95.4 cm³/mol. The van der Waals surface area contributed by atoms with Crippen molar-refractivity contribution in [2.24, 2.45) is 5.92 Å². The molecule has 4 nitrogen and oxygen atoms in total. The minimum atomic E-state index is 0.145. The number of rotatable bonds is 7. The fourth-order valence-corrected chi connectivity index (χ4v) is 3.19. The molecule has 0 aromatic heterocycles. The van der Waals surface area contributed by atoms with Crippen LogP contribution >= 0.6 is 0 Å². The zero-order chi connectivity index (χ0) is 16.7. The number of nitrogens with zero attached hydrogens (tertiary/aromatic N) is 2. The highest BCUT2D eigenvalue weighted by Gasteiger charge is 2.25. The molecule has 23 heavy (non-hydrogen) atoms. The van der Waals surface area contributed by atoms with Crippen molar-refractivity contribution < 1.29 is 4.79 Å². The van der Waals surface area contributed by atoms with Gasteiger partial charge in [0.2, 0.25) is 5.91 Å². The number of aryl methyl sites for hydroxylation is 1. The third-order valence-corrected chi connectivity index (χ3v) is 4.61. The molecule has 0 aliphatic carbocycles. The van der Waals surface area contributed by atoms with Crippen molar-refractivity contribution in [2.45, 2.75) is 32.7 Å². The predicted octanol–water partition coefficient (Wildman–Crippen LogP) is 2.27. The van der Waals surface area contributed by atoms with E-state index in [1.54, 1.807) is 0 Å². The Morgan fingerprint density at radius 2 is 2.13 bits per heavy atom. The summed E-state index contributed by atoms with van der Waals surface area (Å²) >= 11 is 0. The molecule has 1 saturated heterocycles. The van der Waals surface area contributed by atoms with Crippen LogP contribution in [0.15, 0.2) is 24.3 Å². The molecule has 2 rings (SSSR count). The maximum atomic E-state index is 12.4. The average molecular weight is 317 g/mol. The summed E-state index contributed by atoms with van der Waals surface area (Å²) in [6, 6.07) is 8.54. The first-order valence-corrected chi connectivity index (χ1v) is 8.75. The number of carbonyl (C=O) groups is 1. The van der Waals surface area contributed by atoms with Crippen molar-refractivity contribution in [1.82, 2.24) is 15.1 Å². The van der Waals surface area contributed by atoms with Crippen LogP contribution in [0.5, 0.6) is 0 Å². The van der Waals surface area contributed by atoms with Crippen LogP contribution in [0.25, 0.3) is 0 Å². The van der Waals surface area contributed by atoms with E-state index in [4.69, 9.17) is 0 Å². The van der Waals surface area contributed by atoms with E-state index in [0.717, 1.165) is 52.0 Å². The number of piperidine rings is 1. The Morgan fingerprint density at radius 1 is 1.35 bits per heavy atom. The van der Waals surface area contributed by atoms with Crippen LogP contribution in [0.3, 0.4) is 0 Å². The Kier molecular flexibility index (Phi) is 7.06. The lowest BCUT2D eigenvalue weighted by Gasteiger charge is -2.32. The van der Waals surface area contributed by atoms with Crippen LogP contribution in [-0.2, 0) is 11.3 Å². The van der Waals surface area contributed by atoms with Crippen LogP contribution < -0.4 is 5.32 Å². The van der Waals surface area contributed by atoms with E-state index in [-0.39, 0.29) is 11.8 Å². The number of amides is 1. The van der Waals surface area contributed by atoms with Gasteiger partial charge in [0.25, 0.3) is 0 Å². The quantitative estimate of drug-likeness (QED) is 0.784. The summed E-state index contributed by atoms with van der Waals surface area (Å²) in [5, 5.41) is 3.11. The topological polar surface area (TPSA) is 35.6 Å². The van der Waals surface area contributed by atoms with E-state index in [9.17, 15) is 4.79 Å². The molecular formula is C19H31N3O. The van der Waals surface area contributed by atoms with Crippen LogP contribution in [-0.4, -0.2) is 56.0 Å². The molecule has 1 fully saturated rings. The number of hydrogen-bond acceptors (Lipinski definition) is 3. The molecule has 1 aromatic rings. The third-order valence-electron chi connectivity index (χ3n) is 4.61. The first-order chi connectivity index (χ1) is 11.1. The van der Waals surface area contributed by atoms with Gasteiger partial charge >= 0.3 is 0 Å². The molecule has 4 heteroatoms. The molecule has 0 spiro atoms. The van der Waals surface area contributed by atoms with Gasteiger partial charge in [0.05, 0.1) is 5.92 Å². The highest BCUT2D eigenvalue weighted by molar-refractivity contribution is 5.78. The summed E-state index contributed by atoms with van der Waals surface area (Å²) in [5.74, 6) is 0.380. The van der Waals surface area contributed by atoms with E-state index in [0.29, 0.717) is 0 Å². The lowest BCUT2D eigenvalue weighted by molar-refractivity contribution is -0.126. The first kappa shape index (κ1) is 18.0. The second-order valence-electron chi connectivity index (χ2n) is 6.95. The summed E-state index contributed by atoms with van der Waals surface area (Å²) < 4.78 is 0. The molecular weight excluding hydrogens is 286 g/mol. The van der Waals surface area contributed by atoms with Crippen LogP contribution in [0.1, 0.15) is 30.4 Å². The molecule has 1 heterocycles. The van der Waals surface area contributed by atoms with E-state index >= 15 is 0 Å². The number of likely N-dealkylation sites (tertiary alicyclic amines) is 1. The van der Waals surface area contributed by atoms with Crippen LogP contribution in [0.2, 0.25) is 0 Å². The molecule has 1 aliphatic heterocycles. The third kappa shape index (κ3) is 5.96. The molecule has 1 aliphatic rings. The first-order valence-electron chi connectivity index (χ1n) is 8.75. The fraction of sp³-hybridized carbons (Fsp3) is 0.632. The second kappa shape index (κ2) is 9.04. The molecule has 1 atom stereocenters. The van der Waals surface area contributed by atoms with Crippen molar-refractivity contribution in [3.8, 4) is 0 Å². The normalized spacial score (nSPS) is 19.0. The van der Waals surface area contributed by atoms with E-state index < -0.39 is 0 Å². The van der Waals surface area contributed by atoms with Gasteiger partial charge in [-0.3, -0.25) is 9.69 Å². The van der Waals surface area contributed by atoms with Crippen molar-refractivity contribution in [2.75, 3.05) is 40.3 Å². The molecule has 1 N–H and O–H groups in total. The van der Waals surface area contributed by atoms with Crippen molar-refractivity contribution in [1.29, 1.82) is 0 Å². The zero-order valence-electron chi connectivity index (χ0n) is 14.8. The largest absolute Gasteiger partial charge is 0.356 e. The van der Waals surface area contributed by atoms with E-state index in [1.165, 1.54) is 11.1 Å². The van der Waals surface area contributed by atoms with Gasteiger partial charge in [-0.1, -0.05) is 24.3 Å². The number of carbonyl (C=O) groups excluding carboxylic acids is 1. The minimum Gasteiger partial charge on any atom is -0.356 e. The van der Waals surface area contributed by atoms with E-state index in [1.807, 2.05) is 0 Å². The Labute approximate surface area is 140 Å². The monoisotopic (exact) mass is 317 g/mol. The molecule has 0 radical (unpaired) electrons. The summed E-state index contributed by atoms with van der Waals surface area (Å²) in [5.41, 5.74) is 2.71. The summed E-state index contributed by atoms with van der Waals surface area (Å²) in [4.78, 5) is 16.9. The van der Waals surface area contributed by atoms with Gasteiger partial charge in [0, 0.05) is 19.6 Å². The van der Waals surface area contributed by atoms with Gasteiger partial charge in [0.15, 0.2) is 0 Å². The Morgan fingerprint density at radius 3 is 2.87 bits per heavy atom. The summed E-state index contributed by atoms with van der Waals surface area (Å²) in [6.07, 6.45) is 3.14. The Bertz CT molecular complexity index is 501.